The third-order valence-electron chi connectivity index (χ3n) is 2.08. The molecule has 1 aliphatic rings. The largest absolute Gasteiger partial charge is 0.494 e. The first-order chi connectivity index (χ1) is 5.74. The first kappa shape index (κ1) is 9.11. The second-order valence-electron chi connectivity index (χ2n) is 3.08. The predicted octanol–water partition coefficient (Wildman–Crippen LogP) is 3.20. The van der Waals surface area contributed by atoms with Gasteiger partial charge in [-0.3, -0.25) is 0 Å². The number of hydrogen-bond donors (Lipinski definition) is 0. The van der Waals surface area contributed by atoms with Gasteiger partial charge in [-0.2, -0.15) is 0 Å². The van der Waals surface area contributed by atoms with Crippen LogP contribution >= 0.6 is 0 Å². The summed E-state index contributed by atoms with van der Waals surface area (Å²) in [6.07, 6.45) is 6.46. The molecular weight excluding hydrogens is 148 g/mol. The summed E-state index contributed by atoms with van der Waals surface area (Å²) in [5, 5.41) is 0. The highest BCUT2D eigenvalue weighted by Gasteiger charge is 2.09. The highest BCUT2D eigenvalue weighted by Crippen LogP contribution is 2.22. The Morgan fingerprint density at radius 3 is 2.92 bits per heavy atom. The minimum absolute atomic E-state index is 0.824. The number of allylic oxidation sites excluding steroid dienone is 4. The standard InChI is InChI=1S/C11H16O/c1-4-9(2)8-11-6-5-7-12-10(11)3/h4,8H,3,5-7H2,1-2H3/b9-4-,11-8-. The summed E-state index contributed by atoms with van der Waals surface area (Å²) in [6, 6.07) is 0. The quantitative estimate of drug-likeness (QED) is 0.578. The fourth-order valence-electron chi connectivity index (χ4n) is 1.20. The molecule has 12 heavy (non-hydrogen) atoms. The van der Waals surface area contributed by atoms with E-state index in [1.165, 1.54) is 11.1 Å². The van der Waals surface area contributed by atoms with Gasteiger partial charge < -0.3 is 4.74 Å². The van der Waals surface area contributed by atoms with Gasteiger partial charge in [0.2, 0.25) is 0 Å². The summed E-state index contributed by atoms with van der Waals surface area (Å²) < 4.78 is 5.35. The van der Waals surface area contributed by atoms with E-state index in [2.05, 4.69) is 25.7 Å². The van der Waals surface area contributed by atoms with Crippen molar-refractivity contribution in [1.29, 1.82) is 0 Å². The van der Waals surface area contributed by atoms with E-state index in [0.29, 0.717) is 0 Å². The Balaban J connectivity index is 2.71. The molecule has 0 aromatic rings. The van der Waals surface area contributed by atoms with Gasteiger partial charge in [-0.1, -0.05) is 24.3 Å². The maximum atomic E-state index is 5.35. The van der Waals surface area contributed by atoms with E-state index in [1.54, 1.807) is 0 Å². The summed E-state index contributed by atoms with van der Waals surface area (Å²) >= 11 is 0. The minimum atomic E-state index is 0.824. The minimum Gasteiger partial charge on any atom is -0.494 e. The van der Waals surface area contributed by atoms with Crippen LogP contribution in [0.25, 0.3) is 0 Å². The van der Waals surface area contributed by atoms with Crippen LogP contribution in [0.3, 0.4) is 0 Å². The molecule has 1 aliphatic heterocycles. The van der Waals surface area contributed by atoms with Crippen molar-refractivity contribution in [2.24, 2.45) is 0 Å². The van der Waals surface area contributed by atoms with E-state index in [9.17, 15) is 0 Å². The van der Waals surface area contributed by atoms with Crippen molar-refractivity contribution < 1.29 is 4.74 Å². The zero-order chi connectivity index (χ0) is 8.97. The maximum Gasteiger partial charge on any atom is 0.115 e. The first-order valence-corrected chi connectivity index (χ1v) is 4.39. The predicted molar refractivity (Wildman–Crippen MR) is 51.8 cm³/mol. The van der Waals surface area contributed by atoms with Crippen LogP contribution in [0, 0.1) is 0 Å². The van der Waals surface area contributed by atoms with E-state index in [0.717, 1.165) is 25.2 Å². The second kappa shape index (κ2) is 4.15. The third-order valence-corrected chi connectivity index (χ3v) is 2.08. The molecule has 1 nitrogen and oxygen atoms in total. The van der Waals surface area contributed by atoms with Crippen LogP contribution in [0.15, 0.2) is 35.6 Å². The lowest BCUT2D eigenvalue weighted by molar-refractivity contribution is 0.195. The van der Waals surface area contributed by atoms with Crippen LogP contribution in [0.1, 0.15) is 26.7 Å². The van der Waals surface area contributed by atoms with E-state index in [1.807, 2.05) is 6.92 Å². The monoisotopic (exact) mass is 164 g/mol. The average molecular weight is 164 g/mol. The van der Waals surface area contributed by atoms with Gasteiger partial charge >= 0.3 is 0 Å². The zero-order valence-electron chi connectivity index (χ0n) is 7.89. The Morgan fingerprint density at radius 2 is 2.33 bits per heavy atom. The molecule has 0 amide bonds. The summed E-state index contributed by atoms with van der Waals surface area (Å²) in [6.45, 7) is 8.82. The third kappa shape index (κ3) is 2.26. The Labute approximate surface area is 74.4 Å². The van der Waals surface area contributed by atoms with Crippen molar-refractivity contribution in [2.45, 2.75) is 26.7 Å². The van der Waals surface area contributed by atoms with Crippen molar-refractivity contribution in [2.75, 3.05) is 6.61 Å². The highest BCUT2D eigenvalue weighted by atomic mass is 16.5. The fourth-order valence-corrected chi connectivity index (χ4v) is 1.20. The lowest BCUT2D eigenvalue weighted by Crippen LogP contribution is -2.05. The van der Waals surface area contributed by atoms with Gasteiger partial charge in [-0.25, -0.2) is 0 Å². The van der Waals surface area contributed by atoms with E-state index in [-0.39, 0.29) is 0 Å². The summed E-state index contributed by atoms with van der Waals surface area (Å²) in [5.74, 6) is 0.849. The van der Waals surface area contributed by atoms with Crippen molar-refractivity contribution in [3.63, 3.8) is 0 Å². The van der Waals surface area contributed by atoms with E-state index in [4.69, 9.17) is 4.74 Å². The fraction of sp³-hybridized carbons (Fsp3) is 0.455. The molecule has 0 N–H and O–H groups in total. The van der Waals surface area contributed by atoms with Gasteiger partial charge in [0.1, 0.15) is 5.76 Å². The lowest BCUT2D eigenvalue weighted by Gasteiger charge is -2.18. The second-order valence-corrected chi connectivity index (χ2v) is 3.08. The maximum absolute atomic E-state index is 5.35. The molecule has 1 fully saturated rings. The van der Waals surface area contributed by atoms with Crippen molar-refractivity contribution >= 4 is 0 Å². The SMILES string of the molecule is C=C1OCCC/C1=C/C(C)=C\C. The molecule has 1 saturated heterocycles. The molecule has 0 spiro atoms. The number of rotatable bonds is 1. The summed E-state index contributed by atoms with van der Waals surface area (Å²) in [7, 11) is 0. The molecule has 1 heterocycles. The molecule has 0 radical (unpaired) electrons. The van der Waals surface area contributed by atoms with Crippen LogP contribution in [0.2, 0.25) is 0 Å². The van der Waals surface area contributed by atoms with Crippen molar-refractivity contribution in [1.82, 2.24) is 0 Å². The molecule has 66 valence electrons. The van der Waals surface area contributed by atoms with Crippen LogP contribution in [0.5, 0.6) is 0 Å². The molecule has 0 aromatic carbocycles. The normalized spacial score (nSPS) is 22.7. The van der Waals surface area contributed by atoms with Gasteiger partial charge in [-0.15, -0.1) is 0 Å². The smallest absolute Gasteiger partial charge is 0.115 e. The Kier molecular flexibility index (Phi) is 3.15. The molecule has 0 aliphatic carbocycles. The van der Waals surface area contributed by atoms with Crippen molar-refractivity contribution in [3.8, 4) is 0 Å². The molecule has 0 aromatic heterocycles. The summed E-state index contributed by atoms with van der Waals surface area (Å²) in [4.78, 5) is 0. The Hall–Kier alpha value is -0.980. The summed E-state index contributed by atoms with van der Waals surface area (Å²) in [5.41, 5.74) is 2.52. The lowest BCUT2D eigenvalue weighted by atomic mass is 10.0. The molecule has 0 unspecified atom stereocenters. The van der Waals surface area contributed by atoms with Gasteiger partial charge in [0.05, 0.1) is 6.61 Å². The highest BCUT2D eigenvalue weighted by molar-refractivity contribution is 5.32. The first-order valence-electron chi connectivity index (χ1n) is 4.39. The number of ether oxygens (including phenoxy) is 1. The molecular formula is C11H16O. The van der Waals surface area contributed by atoms with E-state index >= 15 is 0 Å². The van der Waals surface area contributed by atoms with Crippen LogP contribution < -0.4 is 0 Å². The Bertz CT molecular complexity index is 233. The molecule has 1 heteroatoms. The van der Waals surface area contributed by atoms with Crippen LogP contribution in [-0.2, 0) is 4.74 Å². The zero-order valence-corrected chi connectivity index (χ0v) is 7.89. The van der Waals surface area contributed by atoms with E-state index < -0.39 is 0 Å². The van der Waals surface area contributed by atoms with Crippen LogP contribution in [-0.4, -0.2) is 6.61 Å². The molecule has 0 saturated carbocycles. The van der Waals surface area contributed by atoms with Gasteiger partial charge in [0, 0.05) is 0 Å². The molecule has 0 atom stereocenters. The molecule has 0 bridgehead atoms. The molecule has 1 rings (SSSR count). The van der Waals surface area contributed by atoms with Gasteiger partial charge in [0.25, 0.3) is 0 Å². The average Bonchev–Trinajstić information content (AvgIpc) is 2.09. The topological polar surface area (TPSA) is 9.23 Å². The van der Waals surface area contributed by atoms with Crippen LogP contribution in [0.4, 0.5) is 0 Å². The van der Waals surface area contributed by atoms with Gasteiger partial charge in [0.15, 0.2) is 0 Å². The van der Waals surface area contributed by atoms with Crippen molar-refractivity contribution in [3.05, 3.63) is 35.6 Å². The van der Waals surface area contributed by atoms with Gasteiger partial charge in [-0.05, 0) is 32.3 Å². The number of hydrogen-bond acceptors (Lipinski definition) is 1. The Morgan fingerprint density at radius 1 is 1.58 bits per heavy atom.